The predicted octanol–water partition coefficient (Wildman–Crippen LogP) is 5.10. The highest BCUT2D eigenvalue weighted by molar-refractivity contribution is 6.30. The van der Waals surface area contributed by atoms with Gasteiger partial charge < -0.3 is 11.1 Å². The van der Waals surface area contributed by atoms with Crippen molar-refractivity contribution >= 4 is 34.9 Å². The van der Waals surface area contributed by atoms with Crippen LogP contribution in [0, 0.1) is 0 Å². The molecule has 0 unspecified atom stereocenters. The van der Waals surface area contributed by atoms with Crippen molar-refractivity contribution in [3.63, 3.8) is 0 Å². The van der Waals surface area contributed by atoms with Crippen molar-refractivity contribution in [3.8, 4) is 11.1 Å². The standard InChI is InChI=1S/C20H20ClN5/c1-3-17-18(14-9-11-15(21)12-10-14)19(22)26-20(25-17)24-13(2)23-16-7-5-4-6-8-16/h4-12H,3H2,1-2H3,(H3,22,23,24,25,26). The summed E-state index contributed by atoms with van der Waals surface area (Å²) in [7, 11) is 0. The fraction of sp³-hybridized carbons (Fsp3) is 0.150. The molecule has 0 bridgehead atoms. The summed E-state index contributed by atoms with van der Waals surface area (Å²) in [6, 6.07) is 17.3. The van der Waals surface area contributed by atoms with E-state index in [4.69, 9.17) is 17.3 Å². The molecule has 0 aliphatic rings. The number of nitrogen functional groups attached to an aromatic ring is 1. The number of benzene rings is 2. The van der Waals surface area contributed by atoms with Crippen molar-refractivity contribution in [1.82, 2.24) is 9.97 Å². The van der Waals surface area contributed by atoms with Crippen LogP contribution in [0.3, 0.4) is 0 Å². The third-order valence-electron chi connectivity index (χ3n) is 3.83. The first-order chi connectivity index (χ1) is 12.6. The molecular formula is C20H20ClN5. The van der Waals surface area contributed by atoms with Crippen LogP contribution in [0.2, 0.25) is 5.02 Å². The lowest BCUT2D eigenvalue weighted by atomic mass is 10.0. The molecule has 132 valence electrons. The van der Waals surface area contributed by atoms with Crippen molar-refractivity contribution in [3.05, 3.63) is 65.3 Å². The number of anilines is 2. The van der Waals surface area contributed by atoms with Crippen LogP contribution in [0.4, 0.5) is 17.5 Å². The molecule has 0 saturated heterocycles. The number of aromatic nitrogens is 2. The molecule has 0 saturated carbocycles. The van der Waals surface area contributed by atoms with Gasteiger partial charge in [0.15, 0.2) is 0 Å². The second-order valence-corrected chi connectivity index (χ2v) is 6.22. The highest BCUT2D eigenvalue weighted by atomic mass is 35.5. The molecule has 0 atom stereocenters. The number of aliphatic imine (C=N–C) groups is 1. The molecule has 5 nitrogen and oxygen atoms in total. The highest BCUT2D eigenvalue weighted by Crippen LogP contribution is 2.30. The van der Waals surface area contributed by atoms with E-state index in [9.17, 15) is 0 Å². The summed E-state index contributed by atoms with van der Waals surface area (Å²) in [5.74, 6) is 1.44. The van der Waals surface area contributed by atoms with Gasteiger partial charge in [-0.05, 0) is 43.2 Å². The van der Waals surface area contributed by atoms with Crippen LogP contribution in [-0.2, 0) is 6.42 Å². The van der Waals surface area contributed by atoms with Crippen molar-refractivity contribution in [2.45, 2.75) is 20.3 Å². The Kier molecular flexibility index (Phi) is 5.49. The van der Waals surface area contributed by atoms with Crippen LogP contribution >= 0.6 is 11.6 Å². The zero-order valence-electron chi connectivity index (χ0n) is 14.7. The number of rotatable bonds is 4. The van der Waals surface area contributed by atoms with Gasteiger partial charge in [0, 0.05) is 16.3 Å². The molecule has 6 heteroatoms. The van der Waals surface area contributed by atoms with Gasteiger partial charge in [-0.3, -0.25) is 0 Å². The van der Waals surface area contributed by atoms with Crippen LogP contribution in [0.15, 0.2) is 59.6 Å². The number of amidine groups is 1. The first-order valence-electron chi connectivity index (χ1n) is 8.36. The molecule has 0 aliphatic carbocycles. The molecule has 1 aromatic heterocycles. The largest absolute Gasteiger partial charge is 0.383 e. The number of nitrogens with two attached hydrogens (primary N) is 1. The van der Waals surface area contributed by atoms with Crippen molar-refractivity contribution in [2.24, 2.45) is 4.99 Å². The molecule has 3 aromatic rings. The Labute approximate surface area is 158 Å². The first-order valence-corrected chi connectivity index (χ1v) is 8.74. The molecule has 2 aromatic carbocycles. The molecule has 26 heavy (non-hydrogen) atoms. The average molecular weight is 366 g/mol. The minimum atomic E-state index is 0.345. The van der Waals surface area contributed by atoms with Gasteiger partial charge in [-0.2, -0.15) is 9.98 Å². The number of halogens is 1. The lowest BCUT2D eigenvalue weighted by Crippen LogP contribution is -2.08. The number of nitrogens with zero attached hydrogens (tertiary/aromatic N) is 3. The Morgan fingerprint density at radius 1 is 1.08 bits per heavy atom. The first kappa shape index (κ1) is 17.9. The number of hydrogen-bond donors (Lipinski definition) is 2. The molecule has 3 rings (SSSR count). The van der Waals surface area contributed by atoms with Gasteiger partial charge in [-0.15, -0.1) is 0 Å². The van der Waals surface area contributed by atoms with Gasteiger partial charge >= 0.3 is 0 Å². The zero-order valence-corrected chi connectivity index (χ0v) is 15.5. The third kappa shape index (κ3) is 4.18. The summed E-state index contributed by atoms with van der Waals surface area (Å²) in [5.41, 5.74) is 9.80. The van der Waals surface area contributed by atoms with E-state index in [0.717, 1.165) is 28.9 Å². The number of hydrogen-bond acceptors (Lipinski definition) is 4. The molecule has 0 amide bonds. The van der Waals surface area contributed by atoms with Gasteiger partial charge in [-0.25, -0.2) is 4.98 Å². The lowest BCUT2D eigenvalue weighted by molar-refractivity contribution is 1.00. The summed E-state index contributed by atoms with van der Waals surface area (Å²) in [4.78, 5) is 13.4. The van der Waals surface area contributed by atoms with Crippen LogP contribution in [-0.4, -0.2) is 15.8 Å². The van der Waals surface area contributed by atoms with Crippen molar-refractivity contribution in [2.75, 3.05) is 11.1 Å². The number of aryl methyl sites for hydroxylation is 1. The van der Waals surface area contributed by atoms with Crippen molar-refractivity contribution in [1.29, 1.82) is 0 Å². The zero-order chi connectivity index (χ0) is 18.5. The summed E-state index contributed by atoms with van der Waals surface area (Å²) in [6.07, 6.45) is 0.721. The molecule has 0 fully saturated rings. The molecule has 3 N–H and O–H groups in total. The van der Waals surface area contributed by atoms with Gasteiger partial charge in [0.1, 0.15) is 11.7 Å². The Morgan fingerprint density at radius 2 is 1.77 bits per heavy atom. The summed E-state index contributed by atoms with van der Waals surface area (Å²) in [6.45, 7) is 3.90. The van der Waals surface area contributed by atoms with Gasteiger partial charge in [-0.1, -0.05) is 48.9 Å². The average Bonchev–Trinajstić information content (AvgIpc) is 2.63. The van der Waals surface area contributed by atoms with E-state index in [1.165, 1.54) is 0 Å². The Bertz CT molecular complexity index is 921. The van der Waals surface area contributed by atoms with Crippen LogP contribution in [0.5, 0.6) is 0 Å². The molecular weight excluding hydrogens is 346 g/mol. The maximum atomic E-state index is 6.22. The van der Waals surface area contributed by atoms with Crippen molar-refractivity contribution < 1.29 is 0 Å². The summed E-state index contributed by atoms with van der Waals surface area (Å²) < 4.78 is 0. The lowest BCUT2D eigenvalue weighted by Gasteiger charge is -2.11. The quantitative estimate of drug-likeness (QED) is 0.498. The Balaban J connectivity index is 1.93. The normalized spacial score (nSPS) is 11.4. The fourth-order valence-electron chi connectivity index (χ4n) is 2.66. The maximum Gasteiger partial charge on any atom is 0.253 e. The van der Waals surface area contributed by atoms with E-state index in [1.54, 1.807) is 0 Å². The number of para-hydroxylation sites is 1. The van der Waals surface area contributed by atoms with E-state index in [2.05, 4.69) is 20.3 Å². The second kappa shape index (κ2) is 7.97. The SMILES string of the molecule is CCc1nc(/N=C(\C)Nc2ccccc2)nc(N)c1-c1ccc(Cl)cc1. The molecule has 0 radical (unpaired) electrons. The summed E-state index contributed by atoms with van der Waals surface area (Å²) >= 11 is 5.97. The smallest absolute Gasteiger partial charge is 0.253 e. The predicted molar refractivity (Wildman–Crippen MR) is 109 cm³/mol. The van der Waals surface area contributed by atoms with Gasteiger partial charge in [0.05, 0.1) is 5.69 Å². The van der Waals surface area contributed by atoms with Gasteiger partial charge in [0.25, 0.3) is 5.95 Å². The maximum absolute atomic E-state index is 6.22. The van der Waals surface area contributed by atoms with E-state index >= 15 is 0 Å². The molecule has 0 spiro atoms. The molecule has 1 heterocycles. The number of nitrogens with one attached hydrogen (secondary N) is 1. The van der Waals surface area contributed by atoms with E-state index < -0.39 is 0 Å². The van der Waals surface area contributed by atoms with E-state index in [1.807, 2.05) is 68.4 Å². The monoisotopic (exact) mass is 365 g/mol. The minimum absolute atomic E-state index is 0.345. The third-order valence-corrected chi connectivity index (χ3v) is 4.09. The van der Waals surface area contributed by atoms with Gasteiger partial charge in [0.2, 0.25) is 0 Å². The Morgan fingerprint density at radius 3 is 2.42 bits per heavy atom. The van der Waals surface area contributed by atoms with Crippen LogP contribution in [0.1, 0.15) is 19.5 Å². The Hall–Kier alpha value is -2.92. The molecule has 0 aliphatic heterocycles. The minimum Gasteiger partial charge on any atom is -0.383 e. The van der Waals surface area contributed by atoms with Crippen LogP contribution < -0.4 is 11.1 Å². The van der Waals surface area contributed by atoms with E-state index in [-0.39, 0.29) is 0 Å². The second-order valence-electron chi connectivity index (χ2n) is 5.78. The topological polar surface area (TPSA) is 76.2 Å². The van der Waals surface area contributed by atoms with E-state index in [0.29, 0.717) is 22.6 Å². The summed E-state index contributed by atoms with van der Waals surface area (Å²) in [5, 5.41) is 3.89. The highest BCUT2D eigenvalue weighted by Gasteiger charge is 2.13. The van der Waals surface area contributed by atoms with Crippen LogP contribution in [0.25, 0.3) is 11.1 Å². The fourth-order valence-corrected chi connectivity index (χ4v) is 2.78.